The van der Waals surface area contributed by atoms with Gasteiger partial charge in [-0.25, -0.2) is 0 Å². The summed E-state index contributed by atoms with van der Waals surface area (Å²) in [6, 6.07) is 1.65. The van der Waals surface area contributed by atoms with Gasteiger partial charge in [-0.1, -0.05) is 0 Å². The summed E-state index contributed by atoms with van der Waals surface area (Å²) in [6.07, 6.45) is 4.70. The van der Waals surface area contributed by atoms with E-state index in [4.69, 9.17) is 10.5 Å². The van der Waals surface area contributed by atoms with Crippen LogP contribution < -0.4 is 11.1 Å². The van der Waals surface area contributed by atoms with Crippen LogP contribution in [0, 0.1) is 6.92 Å². The summed E-state index contributed by atoms with van der Waals surface area (Å²) < 4.78 is 5.46. The van der Waals surface area contributed by atoms with Crippen LogP contribution in [0.25, 0.3) is 0 Å². The van der Waals surface area contributed by atoms with Crippen LogP contribution in [-0.2, 0) is 4.74 Å². The van der Waals surface area contributed by atoms with E-state index in [-0.39, 0.29) is 11.5 Å². The van der Waals surface area contributed by atoms with Gasteiger partial charge in [-0.3, -0.25) is 9.78 Å². The van der Waals surface area contributed by atoms with Crippen LogP contribution in [0.3, 0.4) is 0 Å². The minimum absolute atomic E-state index is 0.143. The number of pyridine rings is 1. The lowest BCUT2D eigenvalue weighted by atomic mass is 9.80. The molecule has 1 aromatic heterocycles. The predicted octanol–water partition coefficient (Wildman–Crippen LogP) is 1.27. The van der Waals surface area contributed by atoms with E-state index in [9.17, 15) is 4.79 Å². The molecule has 0 radical (unpaired) electrons. The van der Waals surface area contributed by atoms with E-state index >= 15 is 0 Å². The Morgan fingerprint density at radius 2 is 2.33 bits per heavy atom. The van der Waals surface area contributed by atoms with E-state index in [1.807, 2.05) is 0 Å². The SMILES string of the molecule is COC1(CNC(=O)c2cc(N)cnc2C)CCC1. The summed E-state index contributed by atoms with van der Waals surface area (Å²) >= 11 is 0. The molecular formula is C13H19N3O2. The van der Waals surface area contributed by atoms with Crippen molar-refractivity contribution >= 4 is 11.6 Å². The zero-order chi connectivity index (χ0) is 13.2. The number of anilines is 1. The summed E-state index contributed by atoms with van der Waals surface area (Å²) in [5.74, 6) is -0.143. The summed E-state index contributed by atoms with van der Waals surface area (Å²) in [5.41, 5.74) is 7.18. The highest BCUT2D eigenvalue weighted by atomic mass is 16.5. The van der Waals surface area contributed by atoms with Gasteiger partial charge in [-0.15, -0.1) is 0 Å². The number of amides is 1. The third-order valence-corrected chi connectivity index (χ3v) is 3.62. The molecular weight excluding hydrogens is 230 g/mol. The maximum Gasteiger partial charge on any atom is 0.253 e. The summed E-state index contributed by atoms with van der Waals surface area (Å²) in [6.45, 7) is 2.33. The predicted molar refractivity (Wildman–Crippen MR) is 69.3 cm³/mol. The van der Waals surface area contributed by atoms with E-state index in [0.29, 0.717) is 23.5 Å². The largest absolute Gasteiger partial charge is 0.397 e. The van der Waals surface area contributed by atoms with Crippen LogP contribution in [0.4, 0.5) is 5.69 Å². The Morgan fingerprint density at radius 3 is 2.89 bits per heavy atom. The highest BCUT2D eigenvalue weighted by Gasteiger charge is 2.37. The molecule has 0 atom stereocenters. The molecule has 0 spiro atoms. The highest BCUT2D eigenvalue weighted by Crippen LogP contribution is 2.34. The van der Waals surface area contributed by atoms with Gasteiger partial charge in [0, 0.05) is 13.7 Å². The van der Waals surface area contributed by atoms with Crippen LogP contribution in [0.15, 0.2) is 12.3 Å². The smallest absolute Gasteiger partial charge is 0.253 e. The number of hydrogen-bond donors (Lipinski definition) is 2. The van der Waals surface area contributed by atoms with Gasteiger partial charge in [0.2, 0.25) is 0 Å². The van der Waals surface area contributed by atoms with Gasteiger partial charge in [0.1, 0.15) is 0 Å². The van der Waals surface area contributed by atoms with Crippen molar-refractivity contribution in [1.82, 2.24) is 10.3 Å². The van der Waals surface area contributed by atoms with E-state index in [2.05, 4.69) is 10.3 Å². The number of aromatic nitrogens is 1. The molecule has 0 aromatic carbocycles. The van der Waals surface area contributed by atoms with Crippen LogP contribution in [0.2, 0.25) is 0 Å². The molecule has 1 heterocycles. The number of nitrogens with two attached hydrogens (primary N) is 1. The Bertz CT molecular complexity index is 450. The van der Waals surface area contributed by atoms with E-state index in [1.54, 1.807) is 26.3 Å². The molecule has 1 aliphatic rings. The molecule has 0 aliphatic heterocycles. The van der Waals surface area contributed by atoms with Crippen LogP contribution in [0.5, 0.6) is 0 Å². The Hall–Kier alpha value is -1.62. The Kier molecular flexibility index (Phi) is 3.52. The molecule has 0 bridgehead atoms. The minimum atomic E-state index is -0.169. The molecule has 5 nitrogen and oxygen atoms in total. The Morgan fingerprint density at radius 1 is 1.61 bits per heavy atom. The minimum Gasteiger partial charge on any atom is -0.397 e. The van der Waals surface area contributed by atoms with Gasteiger partial charge in [-0.05, 0) is 32.3 Å². The molecule has 3 N–H and O–H groups in total. The second-order valence-corrected chi connectivity index (χ2v) is 4.82. The van der Waals surface area contributed by atoms with Crippen molar-refractivity contribution in [2.75, 3.05) is 19.4 Å². The molecule has 1 saturated carbocycles. The van der Waals surface area contributed by atoms with Crippen molar-refractivity contribution < 1.29 is 9.53 Å². The van der Waals surface area contributed by atoms with Gasteiger partial charge in [0.25, 0.3) is 5.91 Å². The molecule has 1 fully saturated rings. The Labute approximate surface area is 107 Å². The fourth-order valence-electron chi connectivity index (χ4n) is 2.14. The van der Waals surface area contributed by atoms with Gasteiger partial charge in [0.05, 0.1) is 28.7 Å². The highest BCUT2D eigenvalue weighted by molar-refractivity contribution is 5.95. The van der Waals surface area contributed by atoms with Crippen molar-refractivity contribution in [2.45, 2.75) is 31.8 Å². The zero-order valence-electron chi connectivity index (χ0n) is 10.8. The fourth-order valence-corrected chi connectivity index (χ4v) is 2.14. The lowest BCUT2D eigenvalue weighted by Crippen LogP contribution is -2.49. The van der Waals surface area contributed by atoms with E-state index in [0.717, 1.165) is 19.3 Å². The number of nitrogens with one attached hydrogen (secondary N) is 1. The zero-order valence-corrected chi connectivity index (χ0v) is 10.8. The normalized spacial score (nSPS) is 17.0. The number of hydrogen-bond acceptors (Lipinski definition) is 4. The first kappa shape index (κ1) is 12.8. The number of rotatable bonds is 4. The van der Waals surface area contributed by atoms with Crippen molar-refractivity contribution in [2.24, 2.45) is 0 Å². The van der Waals surface area contributed by atoms with Crippen LogP contribution >= 0.6 is 0 Å². The van der Waals surface area contributed by atoms with Crippen molar-refractivity contribution in [3.63, 3.8) is 0 Å². The van der Waals surface area contributed by atoms with E-state index < -0.39 is 0 Å². The summed E-state index contributed by atoms with van der Waals surface area (Å²) in [4.78, 5) is 16.1. The van der Waals surface area contributed by atoms with Gasteiger partial charge < -0.3 is 15.8 Å². The Balaban J connectivity index is 2.01. The molecule has 0 unspecified atom stereocenters. The number of nitrogen functional groups attached to an aromatic ring is 1. The third kappa shape index (κ3) is 2.46. The second kappa shape index (κ2) is 4.94. The summed E-state index contributed by atoms with van der Waals surface area (Å²) in [5, 5.41) is 2.90. The molecule has 5 heteroatoms. The number of nitrogens with zero attached hydrogens (tertiary/aromatic N) is 1. The van der Waals surface area contributed by atoms with Crippen molar-refractivity contribution in [3.05, 3.63) is 23.5 Å². The number of carbonyl (C=O) groups excluding carboxylic acids is 1. The molecule has 2 rings (SSSR count). The number of ether oxygens (including phenoxy) is 1. The van der Waals surface area contributed by atoms with Crippen molar-refractivity contribution in [3.8, 4) is 0 Å². The average molecular weight is 249 g/mol. The first-order valence-corrected chi connectivity index (χ1v) is 6.12. The molecule has 18 heavy (non-hydrogen) atoms. The maximum absolute atomic E-state index is 12.1. The molecule has 1 aliphatic carbocycles. The van der Waals surface area contributed by atoms with Crippen LogP contribution in [-0.4, -0.2) is 30.1 Å². The maximum atomic E-state index is 12.1. The second-order valence-electron chi connectivity index (χ2n) is 4.82. The standard InChI is InChI=1S/C13H19N3O2/c1-9-11(6-10(14)7-15-9)12(17)16-8-13(18-2)4-3-5-13/h6-7H,3-5,8,14H2,1-2H3,(H,16,17). The topological polar surface area (TPSA) is 77.2 Å². The van der Waals surface area contributed by atoms with Gasteiger partial charge in [0.15, 0.2) is 0 Å². The quantitative estimate of drug-likeness (QED) is 0.842. The number of carbonyl (C=O) groups is 1. The molecule has 1 aromatic rings. The summed E-state index contributed by atoms with van der Waals surface area (Å²) in [7, 11) is 1.69. The van der Waals surface area contributed by atoms with Gasteiger partial charge >= 0.3 is 0 Å². The lowest BCUT2D eigenvalue weighted by Gasteiger charge is -2.40. The first-order valence-electron chi connectivity index (χ1n) is 6.12. The van der Waals surface area contributed by atoms with E-state index in [1.165, 1.54) is 0 Å². The monoisotopic (exact) mass is 249 g/mol. The van der Waals surface area contributed by atoms with Gasteiger partial charge in [-0.2, -0.15) is 0 Å². The molecule has 0 saturated heterocycles. The fraction of sp³-hybridized carbons (Fsp3) is 0.538. The average Bonchev–Trinajstić information content (AvgIpc) is 2.31. The first-order chi connectivity index (χ1) is 8.56. The number of methoxy groups -OCH3 is 1. The lowest BCUT2D eigenvalue weighted by molar-refractivity contribution is -0.0679. The van der Waals surface area contributed by atoms with Crippen molar-refractivity contribution in [1.29, 1.82) is 0 Å². The molecule has 98 valence electrons. The third-order valence-electron chi connectivity index (χ3n) is 3.62. The molecule has 1 amide bonds. The van der Waals surface area contributed by atoms with Crippen LogP contribution in [0.1, 0.15) is 35.3 Å². The number of aryl methyl sites for hydroxylation is 1.